The average molecular weight is 336 g/mol. The Bertz CT molecular complexity index is 691. The number of hydrogen-bond donors (Lipinski definition) is 0. The molecule has 0 spiro atoms. The van der Waals surface area contributed by atoms with Crippen molar-refractivity contribution in [2.75, 3.05) is 0 Å². The van der Waals surface area contributed by atoms with Crippen LogP contribution in [-0.4, -0.2) is 4.98 Å². The maximum atomic E-state index is 4.59. The largest absolute Gasteiger partial charge is 0.256 e. The van der Waals surface area contributed by atoms with Gasteiger partial charge in [0.2, 0.25) is 0 Å². The van der Waals surface area contributed by atoms with Crippen molar-refractivity contribution in [1.29, 1.82) is 0 Å². The molecular weight excluding hydrogens is 302 g/mol. The molecule has 134 valence electrons. The van der Waals surface area contributed by atoms with Crippen LogP contribution in [0.2, 0.25) is 0 Å². The van der Waals surface area contributed by atoms with Crippen molar-refractivity contribution in [3.63, 3.8) is 0 Å². The van der Waals surface area contributed by atoms with Crippen molar-refractivity contribution >= 4 is 5.57 Å². The van der Waals surface area contributed by atoms with Gasteiger partial charge in [-0.3, -0.25) is 4.98 Å². The number of benzene rings is 1. The third kappa shape index (κ3) is 4.60. The van der Waals surface area contributed by atoms with Gasteiger partial charge in [0.1, 0.15) is 0 Å². The summed E-state index contributed by atoms with van der Waals surface area (Å²) in [5, 5.41) is 0. The molecule has 25 heavy (non-hydrogen) atoms. The Morgan fingerprint density at radius 2 is 1.80 bits per heavy atom. The Balaban J connectivity index is 0.000000511. The van der Waals surface area contributed by atoms with E-state index in [1.54, 1.807) is 0 Å². The molecule has 0 unspecified atom stereocenters. The van der Waals surface area contributed by atoms with E-state index in [4.69, 9.17) is 0 Å². The Labute approximate surface area is 154 Å². The van der Waals surface area contributed by atoms with Crippen molar-refractivity contribution in [3.8, 4) is 11.3 Å². The molecule has 3 rings (SSSR count). The van der Waals surface area contributed by atoms with E-state index in [1.165, 1.54) is 54.4 Å². The van der Waals surface area contributed by atoms with Crippen LogP contribution in [0.15, 0.2) is 48.7 Å². The highest BCUT2D eigenvalue weighted by Crippen LogP contribution is 2.53. The molecular formula is C24H33N. The number of aromatic nitrogens is 1. The second kappa shape index (κ2) is 8.99. The fourth-order valence-corrected chi connectivity index (χ4v) is 3.12. The summed E-state index contributed by atoms with van der Waals surface area (Å²) in [6, 6.07) is 13.1. The highest BCUT2D eigenvalue weighted by atomic mass is 14.7. The highest BCUT2D eigenvalue weighted by Gasteiger charge is 2.43. The van der Waals surface area contributed by atoms with Crippen molar-refractivity contribution in [3.05, 3.63) is 59.8 Å². The van der Waals surface area contributed by atoms with Gasteiger partial charge in [0.15, 0.2) is 0 Å². The summed E-state index contributed by atoms with van der Waals surface area (Å²) < 4.78 is 0. The minimum atomic E-state index is 0.398. The summed E-state index contributed by atoms with van der Waals surface area (Å²) >= 11 is 0. The van der Waals surface area contributed by atoms with Crippen LogP contribution in [0.3, 0.4) is 0 Å². The average Bonchev–Trinajstić information content (AvgIpc) is 3.49. The third-order valence-corrected chi connectivity index (χ3v) is 5.45. The van der Waals surface area contributed by atoms with E-state index in [1.807, 2.05) is 12.3 Å². The summed E-state index contributed by atoms with van der Waals surface area (Å²) in [5.41, 5.74) is 6.91. The molecule has 2 aromatic rings. The van der Waals surface area contributed by atoms with E-state index in [0.29, 0.717) is 5.41 Å². The third-order valence-electron chi connectivity index (χ3n) is 5.45. The molecule has 1 heterocycles. The number of pyridine rings is 1. The number of unbranched alkanes of at least 4 members (excludes halogenated alkanes) is 1. The van der Waals surface area contributed by atoms with Crippen LogP contribution in [0.5, 0.6) is 0 Å². The van der Waals surface area contributed by atoms with Crippen molar-refractivity contribution in [2.24, 2.45) is 0 Å². The standard InChI is InChI=1S/C20H23N.C4H10/c1-4-15(3)16-9-10-18(20(5-2)11-12-20)17(14-16)19-8-6-7-13-21-19;1-3-4-2/h4,6-10,13-14H,5,11-12H2,1-3H3;3-4H2,1-2H3/b15-4+;. The van der Waals surface area contributed by atoms with Crippen LogP contribution in [0, 0.1) is 0 Å². The maximum Gasteiger partial charge on any atom is 0.0705 e. The number of hydrogen-bond acceptors (Lipinski definition) is 1. The van der Waals surface area contributed by atoms with Crippen LogP contribution in [-0.2, 0) is 5.41 Å². The van der Waals surface area contributed by atoms with Gasteiger partial charge in [-0.1, -0.05) is 57.9 Å². The minimum absolute atomic E-state index is 0.398. The Kier molecular flexibility index (Phi) is 6.99. The Morgan fingerprint density at radius 3 is 2.28 bits per heavy atom. The monoisotopic (exact) mass is 335 g/mol. The molecule has 0 aliphatic heterocycles. The van der Waals surface area contributed by atoms with E-state index in [9.17, 15) is 0 Å². The van der Waals surface area contributed by atoms with Crippen LogP contribution in [0.4, 0.5) is 0 Å². The number of rotatable bonds is 5. The lowest BCUT2D eigenvalue weighted by Gasteiger charge is -2.19. The summed E-state index contributed by atoms with van der Waals surface area (Å²) in [7, 11) is 0. The molecule has 1 aromatic heterocycles. The van der Waals surface area contributed by atoms with Crippen molar-refractivity contribution in [1.82, 2.24) is 4.98 Å². The van der Waals surface area contributed by atoms with E-state index in [0.717, 1.165) is 5.69 Å². The Hall–Kier alpha value is -1.89. The zero-order chi connectivity index (χ0) is 18.3. The molecule has 0 saturated heterocycles. The van der Waals surface area contributed by atoms with Crippen molar-refractivity contribution < 1.29 is 0 Å². The number of nitrogens with zero attached hydrogens (tertiary/aromatic N) is 1. The second-order valence-corrected chi connectivity index (χ2v) is 7.08. The highest BCUT2D eigenvalue weighted by molar-refractivity contribution is 5.74. The zero-order valence-electron chi connectivity index (χ0n) is 16.6. The van der Waals surface area contributed by atoms with Crippen LogP contribution in [0.1, 0.15) is 77.8 Å². The lowest BCUT2D eigenvalue weighted by molar-refractivity contribution is 0.665. The van der Waals surface area contributed by atoms with Gasteiger partial charge >= 0.3 is 0 Å². The fraction of sp³-hybridized carbons (Fsp3) is 0.458. The Morgan fingerprint density at radius 1 is 1.08 bits per heavy atom. The van der Waals surface area contributed by atoms with Gasteiger partial charge in [0.25, 0.3) is 0 Å². The quantitative estimate of drug-likeness (QED) is 0.554. The SMILES string of the molecule is C/C=C(\C)c1ccc(C2(CC)CC2)c(-c2ccccn2)c1.CCCC. The fourth-order valence-electron chi connectivity index (χ4n) is 3.12. The van der Waals surface area contributed by atoms with Gasteiger partial charge in [0, 0.05) is 11.8 Å². The molecule has 1 aliphatic rings. The van der Waals surface area contributed by atoms with Gasteiger partial charge in [-0.05, 0) is 73.4 Å². The predicted molar refractivity (Wildman–Crippen MR) is 111 cm³/mol. The van der Waals surface area contributed by atoms with Gasteiger partial charge < -0.3 is 0 Å². The van der Waals surface area contributed by atoms with E-state index >= 15 is 0 Å². The van der Waals surface area contributed by atoms with Crippen LogP contribution < -0.4 is 0 Å². The molecule has 1 fully saturated rings. The van der Waals surface area contributed by atoms with E-state index < -0.39 is 0 Å². The zero-order valence-corrected chi connectivity index (χ0v) is 16.6. The van der Waals surface area contributed by atoms with Gasteiger partial charge in [0.05, 0.1) is 5.69 Å². The first-order chi connectivity index (χ1) is 12.1. The lowest BCUT2D eigenvalue weighted by atomic mass is 9.86. The van der Waals surface area contributed by atoms with Gasteiger partial charge in [-0.25, -0.2) is 0 Å². The maximum absolute atomic E-state index is 4.59. The topological polar surface area (TPSA) is 12.9 Å². The molecule has 0 amide bonds. The molecule has 1 heteroatoms. The van der Waals surface area contributed by atoms with Gasteiger partial charge in [-0.2, -0.15) is 0 Å². The molecule has 0 radical (unpaired) electrons. The molecule has 1 nitrogen and oxygen atoms in total. The normalized spacial score (nSPS) is 15.3. The first-order valence-electron chi connectivity index (χ1n) is 9.81. The summed E-state index contributed by atoms with van der Waals surface area (Å²) in [5.74, 6) is 0. The van der Waals surface area contributed by atoms with Crippen LogP contribution in [0.25, 0.3) is 16.8 Å². The molecule has 0 atom stereocenters. The summed E-state index contributed by atoms with van der Waals surface area (Å²) in [4.78, 5) is 4.59. The molecule has 0 N–H and O–H groups in total. The second-order valence-electron chi connectivity index (χ2n) is 7.08. The van der Waals surface area contributed by atoms with Gasteiger partial charge in [-0.15, -0.1) is 0 Å². The molecule has 0 bridgehead atoms. The first-order valence-corrected chi connectivity index (χ1v) is 9.81. The minimum Gasteiger partial charge on any atom is -0.256 e. The molecule has 1 aromatic carbocycles. The molecule has 1 saturated carbocycles. The van der Waals surface area contributed by atoms with E-state index in [2.05, 4.69) is 76.0 Å². The van der Waals surface area contributed by atoms with Crippen LogP contribution >= 0.6 is 0 Å². The molecule has 1 aliphatic carbocycles. The van der Waals surface area contributed by atoms with Crippen molar-refractivity contribution in [2.45, 2.75) is 72.1 Å². The lowest BCUT2D eigenvalue weighted by Crippen LogP contribution is -2.07. The predicted octanol–water partition coefficient (Wildman–Crippen LogP) is 7.42. The first kappa shape index (κ1) is 19.4. The van der Waals surface area contributed by atoms with E-state index in [-0.39, 0.29) is 0 Å². The number of allylic oxidation sites excluding steroid dienone is 2. The smallest absolute Gasteiger partial charge is 0.0705 e. The summed E-state index contributed by atoms with van der Waals surface area (Å²) in [6.07, 6.45) is 10.5. The summed E-state index contributed by atoms with van der Waals surface area (Å²) in [6.45, 7) is 10.9.